The van der Waals surface area contributed by atoms with Crippen LogP contribution in [-0.4, -0.2) is 27.7 Å². The van der Waals surface area contributed by atoms with Crippen LogP contribution in [0.25, 0.3) is 22.4 Å². The van der Waals surface area contributed by atoms with Crippen LogP contribution in [0.1, 0.15) is 25.5 Å². The van der Waals surface area contributed by atoms with Crippen molar-refractivity contribution < 1.29 is 22.6 Å². The van der Waals surface area contributed by atoms with Crippen LogP contribution in [0, 0.1) is 0 Å². The second-order valence-corrected chi connectivity index (χ2v) is 6.48. The summed E-state index contributed by atoms with van der Waals surface area (Å²) in [6.07, 6.45) is 3.08. The molecule has 1 aliphatic heterocycles. The van der Waals surface area contributed by atoms with Crippen molar-refractivity contribution in [3.05, 3.63) is 55.0 Å². The molecule has 3 heterocycles. The summed E-state index contributed by atoms with van der Waals surface area (Å²) in [6.45, 7) is 0.660. The Morgan fingerprint density at radius 3 is 2.39 bits per heavy atom. The van der Waals surface area contributed by atoms with Gasteiger partial charge in [0.15, 0.2) is 6.23 Å². The van der Waals surface area contributed by atoms with Gasteiger partial charge in [0.05, 0.1) is 11.9 Å². The van der Waals surface area contributed by atoms with Crippen LogP contribution in [0.4, 0.5) is 13.2 Å². The second-order valence-electron chi connectivity index (χ2n) is 6.48. The Morgan fingerprint density at radius 1 is 1.00 bits per heavy atom. The Kier molecular flexibility index (Phi) is 5.04. The van der Waals surface area contributed by atoms with Gasteiger partial charge < -0.3 is 9.47 Å². The summed E-state index contributed by atoms with van der Waals surface area (Å²) < 4.78 is 49.0. The van der Waals surface area contributed by atoms with Gasteiger partial charge in [-0.3, -0.25) is 4.98 Å². The van der Waals surface area contributed by atoms with Crippen molar-refractivity contribution in [2.75, 3.05) is 6.61 Å². The quantitative estimate of drug-likeness (QED) is 0.615. The molecule has 1 atom stereocenters. The molecule has 0 saturated carbocycles. The predicted molar refractivity (Wildman–Crippen MR) is 96.4 cm³/mol. The number of nitrogens with zero attached hydrogens (tertiary/aromatic N) is 3. The lowest BCUT2D eigenvalue weighted by Gasteiger charge is -2.25. The number of ether oxygens (including phenoxy) is 2. The van der Waals surface area contributed by atoms with Gasteiger partial charge in [-0.25, -0.2) is 4.68 Å². The molecule has 0 aliphatic carbocycles. The van der Waals surface area contributed by atoms with E-state index in [0.717, 1.165) is 41.6 Å². The average Bonchev–Trinajstić information content (AvgIpc) is 3.14. The third-order valence-electron chi connectivity index (χ3n) is 4.58. The van der Waals surface area contributed by atoms with E-state index in [1.807, 2.05) is 16.8 Å². The van der Waals surface area contributed by atoms with Crippen LogP contribution in [0.2, 0.25) is 0 Å². The molecule has 2 aromatic heterocycles. The topological polar surface area (TPSA) is 49.2 Å². The van der Waals surface area contributed by atoms with E-state index in [1.54, 1.807) is 30.7 Å². The molecule has 1 aromatic carbocycles. The lowest BCUT2D eigenvalue weighted by molar-refractivity contribution is -0.274. The van der Waals surface area contributed by atoms with Crippen molar-refractivity contribution in [1.29, 1.82) is 0 Å². The summed E-state index contributed by atoms with van der Waals surface area (Å²) in [6, 6.07) is 9.54. The van der Waals surface area contributed by atoms with E-state index in [-0.39, 0.29) is 12.0 Å². The van der Waals surface area contributed by atoms with E-state index in [2.05, 4.69) is 14.8 Å². The van der Waals surface area contributed by atoms with Gasteiger partial charge >= 0.3 is 6.36 Å². The van der Waals surface area contributed by atoms with Crippen LogP contribution < -0.4 is 4.74 Å². The molecular formula is C20H18F3N3O2. The second kappa shape index (κ2) is 7.63. The summed E-state index contributed by atoms with van der Waals surface area (Å²) in [5, 5.41) is 4.53. The first kappa shape index (κ1) is 18.5. The van der Waals surface area contributed by atoms with E-state index in [4.69, 9.17) is 4.74 Å². The van der Waals surface area contributed by atoms with Crippen LogP contribution in [0.5, 0.6) is 5.75 Å². The van der Waals surface area contributed by atoms with Crippen molar-refractivity contribution in [2.24, 2.45) is 0 Å². The SMILES string of the molecule is FC(F)(F)Oc1ccc(-c2c(-c3ccncc3)cnn2C2CCCCO2)cc1. The van der Waals surface area contributed by atoms with Gasteiger partial charge in [0.25, 0.3) is 0 Å². The minimum atomic E-state index is -4.72. The maximum absolute atomic E-state index is 12.4. The molecule has 0 amide bonds. The molecule has 1 aliphatic rings. The van der Waals surface area contributed by atoms with E-state index in [1.165, 1.54) is 12.1 Å². The summed E-state index contributed by atoms with van der Waals surface area (Å²) in [5.41, 5.74) is 3.30. The molecule has 5 nitrogen and oxygen atoms in total. The fourth-order valence-electron chi connectivity index (χ4n) is 3.34. The molecule has 0 radical (unpaired) electrons. The zero-order chi connectivity index (χ0) is 19.6. The third-order valence-corrected chi connectivity index (χ3v) is 4.58. The molecule has 146 valence electrons. The molecule has 4 rings (SSSR count). The number of rotatable bonds is 4. The van der Waals surface area contributed by atoms with Gasteiger partial charge in [0, 0.05) is 30.1 Å². The number of aromatic nitrogens is 3. The molecule has 8 heteroatoms. The number of pyridine rings is 1. The minimum absolute atomic E-state index is 0.203. The van der Waals surface area contributed by atoms with Crippen molar-refractivity contribution in [3.63, 3.8) is 0 Å². The highest BCUT2D eigenvalue weighted by molar-refractivity contribution is 5.80. The lowest BCUT2D eigenvalue weighted by atomic mass is 10.0. The molecule has 1 fully saturated rings. The first-order chi connectivity index (χ1) is 13.5. The van der Waals surface area contributed by atoms with Crippen molar-refractivity contribution in [1.82, 2.24) is 14.8 Å². The van der Waals surface area contributed by atoms with Gasteiger partial charge in [-0.05, 0) is 61.2 Å². The monoisotopic (exact) mass is 389 g/mol. The summed E-state index contributed by atoms with van der Waals surface area (Å²) >= 11 is 0. The highest BCUT2D eigenvalue weighted by Crippen LogP contribution is 2.37. The van der Waals surface area contributed by atoms with Gasteiger partial charge in [0.2, 0.25) is 0 Å². The fourth-order valence-corrected chi connectivity index (χ4v) is 3.34. The maximum atomic E-state index is 12.4. The predicted octanol–water partition coefficient (Wildman–Crippen LogP) is 5.21. The average molecular weight is 389 g/mol. The maximum Gasteiger partial charge on any atom is 0.573 e. The number of alkyl halides is 3. The molecule has 0 N–H and O–H groups in total. The fraction of sp³-hybridized carbons (Fsp3) is 0.300. The van der Waals surface area contributed by atoms with Crippen molar-refractivity contribution in [3.8, 4) is 28.1 Å². The molecule has 0 bridgehead atoms. The van der Waals surface area contributed by atoms with Crippen molar-refractivity contribution >= 4 is 0 Å². The number of halogens is 3. The molecule has 28 heavy (non-hydrogen) atoms. The first-order valence-electron chi connectivity index (χ1n) is 8.97. The summed E-state index contributed by atoms with van der Waals surface area (Å²) in [4.78, 5) is 4.04. The molecule has 0 spiro atoms. The molecule has 1 saturated heterocycles. The van der Waals surface area contributed by atoms with E-state index < -0.39 is 6.36 Å². The van der Waals surface area contributed by atoms with Gasteiger partial charge in [0.1, 0.15) is 5.75 Å². The van der Waals surface area contributed by atoms with Gasteiger partial charge in [-0.2, -0.15) is 5.10 Å². The zero-order valence-electron chi connectivity index (χ0n) is 14.9. The minimum Gasteiger partial charge on any atom is -0.406 e. The van der Waals surface area contributed by atoms with Crippen molar-refractivity contribution in [2.45, 2.75) is 31.9 Å². The smallest absolute Gasteiger partial charge is 0.406 e. The Morgan fingerprint density at radius 2 is 1.75 bits per heavy atom. The highest BCUT2D eigenvalue weighted by Gasteiger charge is 2.31. The third kappa shape index (κ3) is 4.01. The number of benzene rings is 1. The molecule has 3 aromatic rings. The summed E-state index contributed by atoms with van der Waals surface area (Å²) in [5.74, 6) is -0.262. The normalized spacial score (nSPS) is 17.5. The molecule has 1 unspecified atom stereocenters. The molecular weight excluding hydrogens is 371 g/mol. The van der Waals surface area contributed by atoms with Crippen LogP contribution >= 0.6 is 0 Å². The lowest BCUT2D eigenvalue weighted by Crippen LogP contribution is -2.20. The first-order valence-corrected chi connectivity index (χ1v) is 8.97. The van der Waals surface area contributed by atoms with E-state index in [0.29, 0.717) is 6.61 Å². The Balaban J connectivity index is 1.76. The standard InChI is InChI=1S/C20H18F3N3O2/c21-20(22,23)28-16-6-4-15(5-7-16)19-17(14-8-10-24-11-9-14)13-25-26(19)18-3-1-2-12-27-18/h4-11,13,18H,1-3,12H2. The van der Waals surface area contributed by atoms with Crippen LogP contribution in [0.15, 0.2) is 55.0 Å². The van der Waals surface area contributed by atoms with Crippen LogP contribution in [-0.2, 0) is 4.74 Å². The summed E-state index contributed by atoms with van der Waals surface area (Å²) in [7, 11) is 0. The van der Waals surface area contributed by atoms with E-state index >= 15 is 0 Å². The van der Waals surface area contributed by atoms with Gasteiger partial charge in [-0.1, -0.05) is 0 Å². The highest BCUT2D eigenvalue weighted by atomic mass is 19.4. The number of hydrogen-bond acceptors (Lipinski definition) is 4. The van der Waals surface area contributed by atoms with Gasteiger partial charge in [-0.15, -0.1) is 13.2 Å². The Hall–Kier alpha value is -2.87. The Labute approximate surface area is 159 Å². The number of hydrogen-bond donors (Lipinski definition) is 0. The largest absolute Gasteiger partial charge is 0.573 e. The van der Waals surface area contributed by atoms with E-state index in [9.17, 15) is 13.2 Å². The zero-order valence-corrected chi connectivity index (χ0v) is 14.9. The van der Waals surface area contributed by atoms with Crippen LogP contribution in [0.3, 0.4) is 0 Å². The Bertz CT molecular complexity index is 918.